The fraction of sp³-hybridized carbons (Fsp3) is 0.462. The Labute approximate surface area is 209 Å². The van der Waals surface area contributed by atoms with Crippen molar-refractivity contribution in [2.45, 2.75) is 52.0 Å². The third-order valence-corrected chi connectivity index (χ3v) is 7.45. The molecule has 5 nitrogen and oxygen atoms in total. The van der Waals surface area contributed by atoms with Crippen LogP contribution in [0.25, 0.3) is 5.76 Å². The molecule has 7 heteroatoms. The molecule has 1 aliphatic rings. The molecule has 0 spiro atoms. The van der Waals surface area contributed by atoms with Gasteiger partial charge in [-0.05, 0) is 62.5 Å². The average Bonchev–Trinajstić information content (AvgIpc) is 3.43. The van der Waals surface area contributed by atoms with Crippen molar-refractivity contribution in [3.8, 4) is 0 Å². The SMILES string of the molecule is CCCCN(CCCC)CCCN1C(=O)C(=O)/C(=C(\O)c2ccc(Br)cc2)C1c1cccs1. The molecule has 1 aliphatic heterocycles. The number of hydrogen-bond acceptors (Lipinski definition) is 5. The zero-order chi connectivity index (χ0) is 23.8. The smallest absolute Gasteiger partial charge is 0.295 e. The van der Waals surface area contributed by atoms with E-state index in [2.05, 4.69) is 34.7 Å². The summed E-state index contributed by atoms with van der Waals surface area (Å²) in [5, 5.41) is 13.0. The molecule has 1 unspecified atom stereocenters. The van der Waals surface area contributed by atoms with E-state index in [-0.39, 0.29) is 11.3 Å². The number of aliphatic hydroxyl groups excluding tert-OH is 1. The first-order valence-electron chi connectivity index (χ1n) is 11.8. The predicted octanol–water partition coefficient (Wildman–Crippen LogP) is 6.22. The number of rotatable bonds is 12. The van der Waals surface area contributed by atoms with Crippen LogP contribution in [0.3, 0.4) is 0 Å². The highest BCUT2D eigenvalue weighted by Crippen LogP contribution is 2.41. The average molecular weight is 534 g/mol. The normalized spacial score (nSPS) is 17.9. The number of carbonyl (C=O) groups is 2. The van der Waals surface area contributed by atoms with Gasteiger partial charge in [-0.1, -0.05) is 60.8 Å². The number of amides is 1. The second kappa shape index (κ2) is 12.5. The molecule has 2 heterocycles. The van der Waals surface area contributed by atoms with E-state index in [1.165, 1.54) is 11.3 Å². The number of aliphatic hydroxyl groups is 1. The summed E-state index contributed by atoms with van der Waals surface area (Å²) in [5.41, 5.74) is 0.710. The molecule has 0 radical (unpaired) electrons. The van der Waals surface area contributed by atoms with E-state index in [1.54, 1.807) is 17.0 Å². The molecule has 0 aliphatic carbocycles. The molecule has 3 rings (SSSR count). The summed E-state index contributed by atoms with van der Waals surface area (Å²) in [6, 6.07) is 10.4. The van der Waals surface area contributed by atoms with Crippen molar-refractivity contribution in [2.24, 2.45) is 0 Å². The number of hydrogen-bond donors (Lipinski definition) is 1. The van der Waals surface area contributed by atoms with E-state index in [1.807, 2.05) is 29.6 Å². The fourth-order valence-corrected chi connectivity index (χ4v) is 5.29. The highest BCUT2D eigenvalue weighted by atomic mass is 79.9. The summed E-state index contributed by atoms with van der Waals surface area (Å²) in [6.07, 6.45) is 5.44. The van der Waals surface area contributed by atoms with Gasteiger partial charge in [0.05, 0.1) is 11.6 Å². The number of carbonyl (C=O) groups excluding carboxylic acids is 2. The highest BCUT2D eigenvalue weighted by molar-refractivity contribution is 9.10. The number of Topliss-reactive ketones (excluding diaryl/α,β-unsaturated/α-hetero) is 1. The van der Waals surface area contributed by atoms with Crippen molar-refractivity contribution >= 4 is 44.7 Å². The van der Waals surface area contributed by atoms with Gasteiger partial charge in [-0.2, -0.15) is 0 Å². The molecular weight excluding hydrogens is 500 g/mol. The van der Waals surface area contributed by atoms with Crippen LogP contribution >= 0.6 is 27.3 Å². The van der Waals surface area contributed by atoms with Gasteiger partial charge in [0.25, 0.3) is 11.7 Å². The number of ketones is 1. The first-order chi connectivity index (χ1) is 16.0. The molecule has 1 amide bonds. The molecule has 1 N–H and O–H groups in total. The van der Waals surface area contributed by atoms with E-state index >= 15 is 0 Å². The molecular formula is C26H33BrN2O3S. The Hall–Kier alpha value is -1.96. The maximum atomic E-state index is 13.1. The Morgan fingerprint density at radius 1 is 1.03 bits per heavy atom. The van der Waals surface area contributed by atoms with Gasteiger partial charge >= 0.3 is 0 Å². The Morgan fingerprint density at radius 3 is 2.24 bits per heavy atom. The number of likely N-dealkylation sites (tertiary alicyclic amines) is 1. The van der Waals surface area contributed by atoms with E-state index in [0.29, 0.717) is 12.1 Å². The zero-order valence-electron chi connectivity index (χ0n) is 19.4. The van der Waals surface area contributed by atoms with Crippen LogP contribution in [0.4, 0.5) is 0 Å². The minimum atomic E-state index is -0.609. The number of benzene rings is 1. The molecule has 0 saturated carbocycles. The van der Waals surface area contributed by atoms with E-state index < -0.39 is 17.7 Å². The van der Waals surface area contributed by atoms with Crippen molar-refractivity contribution in [1.82, 2.24) is 9.80 Å². The number of halogens is 1. The largest absolute Gasteiger partial charge is 0.507 e. The fourth-order valence-electron chi connectivity index (χ4n) is 4.18. The third-order valence-electron chi connectivity index (χ3n) is 6.00. The lowest BCUT2D eigenvalue weighted by Crippen LogP contribution is -2.34. The summed E-state index contributed by atoms with van der Waals surface area (Å²) in [6.45, 7) is 7.90. The predicted molar refractivity (Wildman–Crippen MR) is 138 cm³/mol. The maximum absolute atomic E-state index is 13.1. The lowest BCUT2D eigenvalue weighted by molar-refractivity contribution is -0.139. The van der Waals surface area contributed by atoms with Gasteiger partial charge in [0, 0.05) is 21.5 Å². The van der Waals surface area contributed by atoms with Crippen LogP contribution in [-0.2, 0) is 9.59 Å². The van der Waals surface area contributed by atoms with Crippen molar-refractivity contribution in [3.05, 3.63) is 62.3 Å². The van der Waals surface area contributed by atoms with E-state index in [4.69, 9.17) is 0 Å². The number of unbranched alkanes of at least 4 members (excludes halogenated alkanes) is 2. The Kier molecular flexibility index (Phi) is 9.71. The molecule has 0 bridgehead atoms. The highest BCUT2D eigenvalue weighted by Gasteiger charge is 2.46. The van der Waals surface area contributed by atoms with Gasteiger partial charge in [0.15, 0.2) is 0 Å². The van der Waals surface area contributed by atoms with Gasteiger partial charge in [-0.25, -0.2) is 0 Å². The van der Waals surface area contributed by atoms with Crippen molar-refractivity contribution in [3.63, 3.8) is 0 Å². The lowest BCUT2D eigenvalue weighted by Gasteiger charge is -2.26. The topological polar surface area (TPSA) is 60.9 Å². The second-order valence-electron chi connectivity index (χ2n) is 8.42. The summed E-state index contributed by atoms with van der Waals surface area (Å²) in [5.74, 6) is -1.25. The van der Waals surface area contributed by atoms with Gasteiger partial charge < -0.3 is 14.9 Å². The van der Waals surface area contributed by atoms with Crippen LogP contribution in [-0.4, -0.2) is 52.8 Å². The van der Waals surface area contributed by atoms with Crippen LogP contribution in [0.5, 0.6) is 0 Å². The molecule has 1 fully saturated rings. The van der Waals surface area contributed by atoms with Crippen LogP contribution < -0.4 is 0 Å². The van der Waals surface area contributed by atoms with Gasteiger partial charge in [0.2, 0.25) is 0 Å². The molecule has 1 atom stereocenters. The Bertz CT molecular complexity index is 948. The van der Waals surface area contributed by atoms with Gasteiger partial charge in [-0.3, -0.25) is 9.59 Å². The van der Waals surface area contributed by atoms with E-state index in [9.17, 15) is 14.7 Å². The second-order valence-corrected chi connectivity index (χ2v) is 10.3. The lowest BCUT2D eigenvalue weighted by atomic mass is 10.00. The molecule has 33 heavy (non-hydrogen) atoms. The zero-order valence-corrected chi connectivity index (χ0v) is 21.8. The standard InChI is InChI=1S/C26H33BrN2O3S/c1-3-5-14-28(15-6-4-2)16-8-17-29-23(21-9-7-18-33-21)22(25(31)26(29)32)24(30)19-10-12-20(27)13-11-19/h7,9-13,18,23,30H,3-6,8,14-17H2,1-2H3/b24-22-. The van der Waals surface area contributed by atoms with Crippen LogP contribution in [0.15, 0.2) is 51.8 Å². The number of nitrogens with zero attached hydrogens (tertiary/aromatic N) is 2. The summed E-state index contributed by atoms with van der Waals surface area (Å²) >= 11 is 4.89. The summed E-state index contributed by atoms with van der Waals surface area (Å²) in [4.78, 5) is 31.1. The van der Waals surface area contributed by atoms with Crippen LogP contribution in [0.2, 0.25) is 0 Å². The first-order valence-corrected chi connectivity index (χ1v) is 13.4. The summed E-state index contributed by atoms with van der Waals surface area (Å²) < 4.78 is 0.880. The molecule has 1 aromatic heterocycles. The van der Waals surface area contributed by atoms with E-state index in [0.717, 1.165) is 61.1 Å². The molecule has 1 aromatic carbocycles. The van der Waals surface area contributed by atoms with Crippen LogP contribution in [0, 0.1) is 0 Å². The van der Waals surface area contributed by atoms with Gasteiger partial charge in [0.1, 0.15) is 5.76 Å². The monoisotopic (exact) mass is 532 g/mol. The first kappa shape index (κ1) is 25.7. The maximum Gasteiger partial charge on any atom is 0.295 e. The molecule has 2 aromatic rings. The minimum Gasteiger partial charge on any atom is -0.507 e. The Balaban J connectivity index is 1.83. The van der Waals surface area contributed by atoms with Crippen LogP contribution in [0.1, 0.15) is 62.4 Å². The Morgan fingerprint density at radius 2 is 1.67 bits per heavy atom. The minimum absolute atomic E-state index is 0.116. The summed E-state index contributed by atoms with van der Waals surface area (Å²) in [7, 11) is 0. The third kappa shape index (κ3) is 6.34. The number of thiophene rings is 1. The molecule has 178 valence electrons. The molecule has 1 saturated heterocycles. The van der Waals surface area contributed by atoms with Crippen molar-refractivity contribution in [1.29, 1.82) is 0 Å². The van der Waals surface area contributed by atoms with Gasteiger partial charge in [-0.15, -0.1) is 11.3 Å². The quantitative estimate of drug-likeness (QED) is 0.200. The van der Waals surface area contributed by atoms with Crippen molar-refractivity contribution in [2.75, 3.05) is 26.2 Å². The van der Waals surface area contributed by atoms with Crippen molar-refractivity contribution < 1.29 is 14.7 Å².